The van der Waals surface area contributed by atoms with E-state index in [2.05, 4.69) is 15.1 Å². The molecule has 1 atom stereocenters. The molecule has 0 N–H and O–H groups in total. The molecule has 5 rings (SSSR count). The first-order chi connectivity index (χ1) is 14.1. The zero-order valence-corrected chi connectivity index (χ0v) is 16.4. The van der Waals surface area contributed by atoms with Gasteiger partial charge in [0.15, 0.2) is 11.6 Å². The van der Waals surface area contributed by atoms with Crippen LogP contribution in [0.25, 0.3) is 17.2 Å². The third-order valence-electron chi connectivity index (χ3n) is 5.27. The average Bonchev–Trinajstić information content (AvgIpc) is 3.16. The third-order valence-corrected chi connectivity index (χ3v) is 5.52. The van der Waals surface area contributed by atoms with Crippen LogP contribution in [0.5, 0.6) is 5.75 Å². The van der Waals surface area contributed by atoms with Gasteiger partial charge in [-0.15, -0.1) is 5.10 Å². The molecule has 2 heterocycles. The largest absolute Gasteiger partial charge is 0.497 e. The van der Waals surface area contributed by atoms with E-state index in [-0.39, 0.29) is 11.7 Å². The second-order valence-corrected chi connectivity index (χ2v) is 7.53. The highest BCUT2D eigenvalue weighted by atomic mass is 35.5. The second kappa shape index (κ2) is 6.97. The molecular formula is C22H17ClN4O2. The van der Waals surface area contributed by atoms with Gasteiger partial charge in [0.25, 0.3) is 5.78 Å². The monoisotopic (exact) mass is 404 g/mol. The summed E-state index contributed by atoms with van der Waals surface area (Å²) in [6.07, 6.45) is 2.88. The van der Waals surface area contributed by atoms with Crippen LogP contribution in [0.4, 0.5) is 0 Å². The highest BCUT2D eigenvalue weighted by Crippen LogP contribution is 2.33. The van der Waals surface area contributed by atoms with Gasteiger partial charge in [-0.2, -0.15) is 4.98 Å². The van der Waals surface area contributed by atoms with Gasteiger partial charge in [-0.25, -0.2) is 9.50 Å². The Bertz CT molecular complexity index is 1220. The predicted molar refractivity (Wildman–Crippen MR) is 110 cm³/mol. The van der Waals surface area contributed by atoms with Gasteiger partial charge in [0.05, 0.1) is 18.4 Å². The van der Waals surface area contributed by atoms with Crippen molar-refractivity contribution < 1.29 is 9.53 Å². The van der Waals surface area contributed by atoms with Crippen molar-refractivity contribution in [2.24, 2.45) is 0 Å². The Labute approximate surface area is 172 Å². The van der Waals surface area contributed by atoms with E-state index in [1.54, 1.807) is 30.0 Å². The average molecular weight is 405 g/mol. The number of nitrogens with zero attached hydrogens (tertiary/aromatic N) is 4. The summed E-state index contributed by atoms with van der Waals surface area (Å²) >= 11 is 5.96. The lowest BCUT2D eigenvalue weighted by Gasteiger charge is -2.23. The molecule has 0 bridgehead atoms. The van der Waals surface area contributed by atoms with Crippen molar-refractivity contribution in [1.82, 2.24) is 19.6 Å². The van der Waals surface area contributed by atoms with Crippen molar-refractivity contribution in [2.45, 2.75) is 18.8 Å². The topological polar surface area (TPSA) is 69.4 Å². The fourth-order valence-corrected chi connectivity index (χ4v) is 3.84. The molecule has 1 aliphatic carbocycles. The summed E-state index contributed by atoms with van der Waals surface area (Å²) < 4.78 is 6.80. The van der Waals surface area contributed by atoms with Gasteiger partial charge in [-0.3, -0.25) is 4.79 Å². The standard InChI is InChI=1S/C22H17ClN4O2/c1-29-17-8-4-13(5-9-17)15-10-19-18(20(28)11-15)12-27-22(24-19)25-21(26-27)14-2-6-16(23)7-3-14/h2-9,12,15H,10-11H2,1H3. The molecular weight excluding hydrogens is 388 g/mol. The van der Waals surface area contributed by atoms with Crippen LogP contribution >= 0.6 is 11.6 Å². The van der Waals surface area contributed by atoms with E-state index >= 15 is 0 Å². The summed E-state index contributed by atoms with van der Waals surface area (Å²) in [5.74, 6) is 2.00. The Morgan fingerprint density at radius 2 is 1.79 bits per heavy atom. The predicted octanol–water partition coefficient (Wildman–Crippen LogP) is 4.37. The zero-order valence-electron chi connectivity index (χ0n) is 15.7. The van der Waals surface area contributed by atoms with Crippen molar-refractivity contribution in [1.29, 1.82) is 0 Å². The maximum atomic E-state index is 12.8. The van der Waals surface area contributed by atoms with E-state index in [9.17, 15) is 4.79 Å². The minimum atomic E-state index is 0.0741. The van der Waals surface area contributed by atoms with Crippen LogP contribution in [-0.4, -0.2) is 32.5 Å². The Kier molecular flexibility index (Phi) is 4.28. The van der Waals surface area contributed by atoms with Crippen LogP contribution in [0.3, 0.4) is 0 Å². The lowest BCUT2D eigenvalue weighted by atomic mass is 9.82. The van der Waals surface area contributed by atoms with Crippen molar-refractivity contribution in [3.05, 3.63) is 76.6 Å². The Morgan fingerprint density at radius 3 is 2.52 bits per heavy atom. The highest BCUT2D eigenvalue weighted by molar-refractivity contribution is 6.30. The number of benzene rings is 2. The number of methoxy groups -OCH3 is 1. The summed E-state index contributed by atoms with van der Waals surface area (Å²) in [6.45, 7) is 0. The van der Waals surface area contributed by atoms with Gasteiger partial charge in [0.1, 0.15) is 5.75 Å². The van der Waals surface area contributed by atoms with Crippen molar-refractivity contribution in [2.75, 3.05) is 7.11 Å². The summed E-state index contributed by atoms with van der Waals surface area (Å²) in [4.78, 5) is 22.0. The molecule has 2 aromatic carbocycles. The number of ketones is 1. The molecule has 7 heteroatoms. The molecule has 144 valence electrons. The zero-order chi connectivity index (χ0) is 20.0. The molecule has 4 aromatic rings. The summed E-state index contributed by atoms with van der Waals surface area (Å²) in [7, 11) is 1.64. The number of hydrogen-bond acceptors (Lipinski definition) is 5. The van der Waals surface area contributed by atoms with Crippen LogP contribution in [0, 0.1) is 0 Å². The number of rotatable bonds is 3. The first-order valence-corrected chi connectivity index (χ1v) is 9.68. The van der Waals surface area contributed by atoms with E-state index in [0.717, 1.165) is 22.6 Å². The molecule has 29 heavy (non-hydrogen) atoms. The first-order valence-electron chi connectivity index (χ1n) is 9.30. The summed E-state index contributed by atoms with van der Waals surface area (Å²) in [6, 6.07) is 15.2. The molecule has 2 aromatic heterocycles. The first kappa shape index (κ1) is 17.8. The number of carbonyl (C=O) groups excluding carboxylic acids is 1. The van der Waals surface area contributed by atoms with Crippen LogP contribution in [0.15, 0.2) is 54.7 Å². The molecule has 0 fully saturated rings. The minimum Gasteiger partial charge on any atom is -0.497 e. The molecule has 0 amide bonds. The van der Waals surface area contributed by atoms with Crippen molar-refractivity contribution in [3.8, 4) is 17.1 Å². The molecule has 0 saturated carbocycles. The number of fused-ring (bicyclic) bond motifs is 2. The van der Waals surface area contributed by atoms with Crippen LogP contribution in [0.1, 0.15) is 34.0 Å². The van der Waals surface area contributed by atoms with E-state index in [1.165, 1.54) is 0 Å². The number of aromatic nitrogens is 4. The van der Waals surface area contributed by atoms with Crippen molar-refractivity contribution >= 4 is 23.2 Å². The van der Waals surface area contributed by atoms with Gasteiger partial charge < -0.3 is 4.74 Å². The number of hydrogen-bond donors (Lipinski definition) is 0. The van der Waals surface area contributed by atoms with E-state index in [0.29, 0.717) is 35.0 Å². The van der Waals surface area contributed by atoms with Crippen LogP contribution in [0.2, 0.25) is 5.02 Å². The molecule has 0 saturated heterocycles. The molecule has 1 unspecified atom stereocenters. The molecule has 0 spiro atoms. The van der Waals surface area contributed by atoms with E-state index < -0.39 is 0 Å². The quantitative estimate of drug-likeness (QED) is 0.507. The summed E-state index contributed by atoms with van der Waals surface area (Å²) in [5.41, 5.74) is 3.34. The molecule has 1 aliphatic rings. The van der Waals surface area contributed by atoms with Gasteiger partial charge in [0.2, 0.25) is 0 Å². The van der Waals surface area contributed by atoms with Crippen molar-refractivity contribution in [3.63, 3.8) is 0 Å². The smallest absolute Gasteiger partial charge is 0.252 e. The number of carbonyl (C=O) groups is 1. The van der Waals surface area contributed by atoms with Crippen LogP contribution < -0.4 is 4.74 Å². The normalized spacial score (nSPS) is 16.1. The van der Waals surface area contributed by atoms with E-state index in [1.807, 2.05) is 36.4 Å². The molecule has 0 aliphatic heterocycles. The highest BCUT2D eigenvalue weighted by Gasteiger charge is 2.28. The summed E-state index contributed by atoms with van der Waals surface area (Å²) in [5, 5.41) is 5.14. The maximum Gasteiger partial charge on any atom is 0.252 e. The van der Waals surface area contributed by atoms with Gasteiger partial charge in [-0.1, -0.05) is 23.7 Å². The number of ether oxygens (including phenoxy) is 1. The molecule has 6 nitrogen and oxygen atoms in total. The number of Topliss-reactive ketones (excluding diaryl/α,β-unsaturated/α-hetero) is 1. The minimum absolute atomic E-state index is 0.0741. The number of halogens is 1. The maximum absolute atomic E-state index is 12.8. The Morgan fingerprint density at radius 1 is 1.03 bits per heavy atom. The van der Waals surface area contributed by atoms with Gasteiger partial charge in [0, 0.05) is 23.2 Å². The van der Waals surface area contributed by atoms with Gasteiger partial charge >= 0.3 is 0 Å². The van der Waals surface area contributed by atoms with E-state index in [4.69, 9.17) is 16.3 Å². The second-order valence-electron chi connectivity index (χ2n) is 7.09. The lowest BCUT2D eigenvalue weighted by Crippen LogP contribution is -2.21. The fraction of sp³-hybridized carbons (Fsp3) is 0.182. The fourth-order valence-electron chi connectivity index (χ4n) is 3.72. The van der Waals surface area contributed by atoms with Gasteiger partial charge in [-0.05, 0) is 54.3 Å². The van der Waals surface area contributed by atoms with Crippen LogP contribution in [-0.2, 0) is 6.42 Å². The SMILES string of the molecule is COc1ccc(C2CC(=O)c3cn4nc(-c5ccc(Cl)cc5)nc4nc3C2)cc1. The Hall–Kier alpha value is -3.25. The molecule has 0 radical (unpaired) electrons. The lowest BCUT2D eigenvalue weighted by molar-refractivity contribution is 0.0962. The third kappa shape index (κ3) is 3.25. The Balaban J connectivity index is 1.51.